The molecule has 0 saturated heterocycles. The van der Waals surface area contributed by atoms with E-state index in [1.165, 1.54) is 76.2 Å². The molecule has 0 radical (unpaired) electrons. The van der Waals surface area contributed by atoms with Gasteiger partial charge in [-0.3, -0.25) is 4.79 Å². The number of benzene rings is 2. The minimum Gasteiger partial charge on any atom is -0.508 e. The predicted octanol–water partition coefficient (Wildman–Crippen LogP) is 7.98. The summed E-state index contributed by atoms with van der Waals surface area (Å²) in [6, 6.07) is 13.5. The monoisotopic (exact) mass is 506 g/mol. The molecule has 1 N–H and O–H groups in total. The summed E-state index contributed by atoms with van der Waals surface area (Å²) >= 11 is 0. The van der Waals surface area contributed by atoms with E-state index in [9.17, 15) is 9.90 Å². The van der Waals surface area contributed by atoms with Crippen LogP contribution in [0.15, 0.2) is 48.7 Å². The van der Waals surface area contributed by atoms with Crippen LogP contribution in [0.25, 0.3) is 10.9 Å². The van der Waals surface area contributed by atoms with Gasteiger partial charge in [0.2, 0.25) is 0 Å². The van der Waals surface area contributed by atoms with Crippen LogP contribution in [0.5, 0.6) is 11.5 Å². The summed E-state index contributed by atoms with van der Waals surface area (Å²) in [7, 11) is 3.82. The fourth-order valence-corrected chi connectivity index (χ4v) is 5.19. The van der Waals surface area contributed by atoms with Crippen molar-refractivity contribution in [3.8, 4) is 11.5 Å². The smallest absolute Gasteiger partial charge is 0.152 e. The van der Waals surface area contributed by atoms with Crippen LogP contribution in [-0.2, 0) is 13.1 Å². The number of aromatic hydroxyl groups is 1. The summed E-state index contributed by atoms with van der Waals surface area (Å²) in [5.41, 5.74) is 3.03. The number of carbonyl (C=O) groups is 1. The Morgan fingerprint density at radius 1 is 0.865 bits per heavy atom. The number of aryl methyl sites for hydroxylation is 1. The van der Waals surface area contributed by atoms with Gasteiger partial charge in [0.1, 0.15) is 11.5 Å². The lowest BCUT2D eigenvalue weighted by molar-refractivity contribution is 0.112. The molecule has 0 amide bonds. The second-order valence-corrected chi connectivity index (χ2v) is 10.4. The molecule has 5 nitrogen and oxygen atoms in total. The van der Waals surface area contributed by atoms with Crippen molar-refractivity contribution in [1.82, 2.24) is 9.47 Å². The first kappa shape index (κ1) is 28.8. The fourth-order valence-electron chi connectivity index (χ4n) is 5.19. The van der Waals surface area contributed by atoms with Gasteiger partial charge in [0.25, 0.3) is 0 Å². The maximum Gasteiger partial charge on any atom is 0.152 e. The second kappa shape index (κ2) is 16.1. The van der Waals surface area contributed by atoms with E-state index in [-0.39, 0.29) is 0 Å². The van der Waals surface area contributed by atoms with Crippen molar-refractivity contribution < 1.29 is 14.6 Å². The number of rotatable bonds is 19. The van der Waals surface area contributed by atoms with Crippen molar-refractivity contribution in [1.29, 1.82) is 0 Å². The zero-order valence-electron chi connectivity index (χ0n) is 23.0. The van der Waals surface area contributed by atoms with E-state index >= 15 is 0 Å². The summed E-state index contributed by atoms with van der Waals surface area (Å²) in [6.07, 6.45) is 18.6. The van der Waals surface area contributed by atoms with Gasteiger partial charge in [0.15, 0.2) is 6.29 Å². The zero-order chi connectivity index (χ0) is 26.3. The van der Waals surface area contributed by atoms with Crippen LogP contribution < -0.4 is 4.74 Å². The van der Waals surface area contributed by atoms with Gasteiger partial charge < -0.3 is 19.3 Å². The molecule has 0 aliphatic heterocycles. The molecule has 5 heteroatoms. The molecule has 0 saturated carbocycles. The summed E-state index contributed by atoms with van der Waals surface area (Å²) in [5, 5.41) is 10.6. The molecule has 0 spiro atoms. The first-order chi connectivity index (χ1) is 18.1. The Bertz CT molecular complexity index is 1080. The summed E-state index contributed by atoms with van der Waals surface area (Å²) in [6.45, 7) is 2.97. The molecule has 1 heterocycles. The molecule has 3 aromatic rings. The second-order valence-electron chi connectivity index (χ2n) is 10.4. The molecular weight excluding hydrogens is 460 g/mol. The van der Waals surface area contributed by atoms with Gasteiger partial charge in [0, 0.05) is 35.8 Å². The van der Waals surface area contributed by atoms with Gasteiger partial charge in [-0.2, -0.15) is 0 Å². The quantitative estimate of drug-likeness (QED) is 0.132. The number of aromatic nitrogens is 1. The molecule has 0 unspecified atom stereocenters. The molecule has 0 aliphatic rings. The summed E-state index contributed by atoms with van der Waals surface area (Å²) in [5.74, 6) is 1.14. The number of carbonyl (C=O) groups excluding carboxylic acids is 1. The molecule has 1 aromatic heterocycles. The first-order valence-corrected chi connectivity index (χ1v) is 14.2. The number of phenolic OH excluding ortho intramolecular Hbond substituents is 1. The van der Waals surface area contributed by atoms with E-state index in [2.05, 4.69) is 28.6 Å². The minimum atomic E-state index is 0.351. The highest BCUT2D eigenvalue weighted by molar-refractivity contribution is 5.98. The largest absolute Gasteiger partial charge is 0.508 e. The van der Waals surface area contributed by atoms with Crippen LogP contribution in [-0.4, -0.2) is 41.6 Å². The zero-order valence-corrected chi connectivity index (χ0v) is 23.0. The van der Waals surface area contributed by atoms with Gasteiger partial charge in [0.05, 0.1) is 7.11 Å². The molecule has 0 fully saturated rings. The first-order valence-electron chi connectivity index (χ1n) is 14.2. The molecule has 2 aromatic carbocycles. The van der Waals surface area contributed by atoms with E-state index in [0.29, 0.717) is 5.75 Å². The molecule has 0 aliphatic carbocycles. The Hall–Kier alpha value is -2.79. The van der Waals surface area contributed by atoms with Crippen molar-refractivity contribution >= 4 is 17.2 Å². The average Bonchev–Trinajstić information content (AvgIpc) is 3.25. The number of hydrogen-bond donors (Lipinski definition) is 1. The third kappa shape index (κ3) is 9.88. The molecule has 0 atom stereocenters. The lowest BCUT2D eigenvalue weighted by Gasteiger charge is -2.16. The number of methoxy groups -OCH3 is 1. The number of fused-ring (bicyclic) bond motifs is 1. The normalized spacial score (nSPS) is 11.4. The lowest BCUT2D eigenvalue weighted by atomic mass is 10.0. The molecule has 0 bridgehead atoms. The van der Waals surface area contributed by atoms with Crippen molar-refractivity contribution in [3.05, 3.63) is 59.8 Å². The van der Waals surface area contributed by atoms with Crippen molar-refractivity contribution in [2.45, 2.75) is 90.1 Å². The van der Waals surface area contributed by atoms with Gasteiger partial charge in [-0.15, -0.1) is 0 Å². The van der Waals surface area contributed by atoms with Gasteiger partial charge in [-0.05, 0) is 62.3 Å². The van der Waals surface area contributed by atoms with Crippen molar-refractivity contribution in [2.75, 3.05) is 20.7 Å². The predicted molar refractivity (Wildman–Crippen MR) is 154 cm³/mol. The van der Waals surface area contributed by atoms with E-state index in [4.69, 9.17) is 4.74 Å². The van der Waals surface area contributed by atoms with Crippen LogP contribution in [0.2, 0.25) is 0 Å². The molecule has 3 rings (SSSR count). The number of ether oxygens (including phenoxy) is 1. The summed E-state index contributed by atoms with van der Waals surface area (Å²) < 4.78 is 7.52. The standard InChI is InChI=1S/C32H46N2O3/c1-33(24-27-16-15-17-29(36)22-27)20-13-11-9-7-5-3-4-6-8-10-12-14-21-34-25-28(26-35)31-23-30(37-2)18-19-32(31)34/h15-19,22-23,25-26,36H,3-14,20-21,24H2,1-2H3. The Balaban J connectivity index is 1.14. The maximum absolute atomic E-state index is 11.4. The number of phenols is 1. The van der Waals surface area contributed by atoms with Crippen LogP contribution in [0, 0.1) is 0 Å². The van der Waals surface area contributed by atoms with Gasteiger partial charge >= 0.3 is 0 Å². The van der Waals surface area contributed by atoms with Gasteiger partial charge in [-0.25, -0.2) is 0 Å². The molecule has 202 valence electrons. The Morgan fingerprint density at radius 2 is 1.51 bits per heavy atom. The minimum absolute atomic E-state index is 0.351. The highest BCUT2D eigenvalue weighted by atomic mass is 16.5. The Morgan fingerprint density at radius 3 is 2.14 bits per heavy atom. The van der Waals surface area contributed by atoms with Crippen LogP contribution in [0.3, 0.4) is 0 Å². The van der Waals surface area contributed by atoms with E-state index < -0.39 is 0 Å². The Labute approximate surface area is 223 Å². The van der Waals surface area contributed by atoms with E-state index in [1.54, 1.807) is 13.2 Å². The Kier molecular flexibility index (Phi) is 12.5. The number of aldehydes is 1. The van der Waals surface area contributed by atoms with Crippen LogP contribution in [0.4, 0.5) is 0 Å². The van der Waals surface area contributed by atoms with E-state index in [0.717, 1.165) is 54.6 Å². The van der Waals surface area contributed by atoms with Crippen molar-refractivity contribution in [3.63, 3.8) is 0 Å². The highest BCUT2D eigenvalue weighted by Gasteiger charge is 2.09. The lowest BCUT2D eigenvalue weighted by Crippen LogP contribution is -2.18. The van der Waals surface area contributed by atoms with Crippen LogP contribution in [0.1, 0.15) is 93.0 Å². The SMILES string of the molecule is COc1ccc2c(c1)c(C=O)cn2CCCCCCCCCCCCCCN(C)Cc1cccc(O)c1. The number of nitrogens with zero attached hydrogens (tertiary/aromatic N) is 2. The summed E-state index contributed by atoms with van der Waals surface area (Å²) in [4.78, 5) is 13.8. The third-order valence-corrected chi connectivity index (χ3v) is 7.30. The molecular formula is C32H46N2O3. The molecule has 37 heavy (non-hydrogen) atoms. The van der Waals surface area contributed by atoms with Crippen molar-refractivity contribution in [2.24, 2.45) is 0 Å². The number of unbranched alkanes of at least 4 members (excludes halogenated alkanes) is 11. The van der Waals surface area contributed by atoms with E-state index in [1.807, 2.05) is 30.5 Å². The maximum atomic E-state index is 11.4. The fraction of sp³-hybridized carbons (Fsp3) is 0.531. The van der Waals surface area contributed by atoms with Gasteiger partial charge in [-0.1, -0.05) is 76.3 Å². The topological polar surface area (TPSA) is 54.7 Å². The van der Waals surface area contributed by atoms with Crippen LogP contribution >= 0.6 is 0 Å². The average molecular weight is 507 g/mol. The third-order valence-electron chi connectivity index (χ3n) is 7.30. The number of hydrogen-bond acceptors (Lipinski definition) is 4. The highest BCUT2D eigenvalue weighted by Crippen LogP contribution is 2.26.